The Morgan fingerprint density at radius 1 is 1.29 bits per heavy atom. The smallest absolute Gasteiger partial charge is 0.0190 e. The quantitative estimate of drug-likeness (QED) is 0.465. The van der Waals surface area contributed by atoms with Crippen LogP contribution >= 0.6 is 0 Å². The molecule has 37 valence electrons. The molecule has 0 fully saturated rings. The maximum atomic E-state index is 2.16. The zero-order valence-corrected chi connectivity index (χ0v) is 4.52. The van der Waals surface area contributed by atoms with Crippen LogP contribution in [0.5, 0.6) is 0 Å². The fourth-order valence-corrected chi connectivity index (χ4v) is 0.650. The Morgan fingerprint density at radius 3 is 2.14 bits per heavy atom. The summed E-state index contributed by atoms with van der Waals surface area (Å²) >= 11 is 0. The minimum Gasteiger partial charge on any atom is -0.0734 e. The number of hydrogen-bond acceptors (Lipinski definition) is 0. The van der Waals surface area contributed by atoms with Crippen molar-refractivity contribution in [3.8, 4) is 0 Å². The molecule has 0 nitrogen and oxygen atoms in total. The van der Waals surface area contributed by atoms with Crippen molar-refractivity contribution in [3.63, 3.8) is 0 Å². The second-order valence-electron chi connectivity index (χ2n) is 1.65. The molecule has 0 amide bonds. The van der Waals surface area contributed by atoms with Crippen molar-refractivity contribution in [1.82, 2.24) is 0 Å². The topological polar surface area (TPSA) is 0 Å². The average molecular weight is 93.1 g/mol. The molecule has 7 heavy (non-hydrogen) atoms. The van der Waals surface area contributed by atoms with Crippen molar-refractivity contribution in [2.45, 2.75) is 13.3 Å². The zero-order chi connectivity index (χ0) is 5.11. The average Bonchev–Trinajstić information content (AvgIpc) is 2.14. The van der Waals surface area contributed by atoms with Crippen LogP contribution < -0.4 is 0 Å². The Kier molecular flexibility index (Phi) is 1.30. The molecule has 0 aromatic heterocycles. The number of rotatable bonds is 1. The lowest BCUT2D eigenvalue weighted by Crippen LogP contribution is -1.77. The Bertz CT molecular complexity index is 86.6. The van der Waals surface area contributed by atoms with E-state index in [0.717, 1.165) is 6.42 Å². The number of allylic oxidation sites excluding steroid dienone is 4. The van der Waals surface area contributed by atoms with Gasteiger partial charge in [-0.25, -0.2) is 0 Å². The lowest BCUT2D eigenvalue weighted by Gasteiger charge is -1.92. The molecule has 0 aromatic carbocycles. The van der Waals surface area contributed by atoms with E-state index in [1.807, 2.05) is 0 Å². The Morgan fingerprint density at radius 2 is 1.86 bits per heavy atom. The normalized spacial score (nSPS) is 19.0. The van der Waals surface area contributed by atoms with Crippen molar-refractivity contribution in [2.75, 3.05) is 0 Å². The SMILES string of the molecule is CC[C]1C=CC=C1. The van der Waals surface area contributed by atoms with Gasteiger partial charge in [0.1, 0.15) is 0 Å². The molecule has 1 radical (unpaired) electrons. The highest BCUT2D eigenvalue weighted by Crippen LogP contribution is 2.13. The van der Waals surface area contributed by atoms with E-state index in [4.69, 9.17) is 0 Å². The minimum atomic E-state index is 1.16. The highest BCUT2D eigenvalue weighted by molar-refractivity contribution is 5.33. The van der Waals surface area contributed by atoms with Crippen molar-refractivity contribution >= 4 is 0 Å². The predicted octanol–water partition coefficient (Wildman–Crippen LogP) is 2.10. The molecule has 0 atom stereocenters. The molecule has 1 rings (SSSR count). The molecule has 1 aliphatic rings. The van der Waals surface area contributed by atoms with Crippen molar-refractivity contribution in [3.05, 3.63) is 30.2 Å². The highest BCUT2D eigenvalue weighted by atomic mass is 14.0. The standard InChI is InChI=1S/C7H9/c1-2-7-5-3-4-6-7/h3-6H,2H2,1H3. The van der Waals surface area contributed by atoms with Gasteiger partial charge in [-0.1, -0.05) is 31.2 Å². The third-order valence-corrected chi connectivity index (χ3v) is 1.14. The summed E-state index contributed by atoms with van der Waals surface area (Å²) in [5.41, 5.74) is 0. The molecule has 0 bridgehead atoms. The second kappa shape index (κ2) is 1.97. The maximum Gasteiger partial charge on any atom is 0.0190 e. The third kappa shape index (κ3) is 0.923. The summed E-state index contributed by atoms with van der Waals surface area (Å²) in [5.74, 6) is 1.43. The Labute approximate surface area is 44.5 Å². The molecule has 0 saturated heterocycles. The van der Waals surface area contributed by atoms with Gasteiger partial charge in [-0.2, -0.15) is 0 Å². The lowest BCUT2D eigenvalue weighted by molar-refractivity contribution is 1.06. The summed E-state index contributed by atoms with van der Waals surface area (Å²) < 4.78 is 0. The molecule has 0 aromatic rings. The summed E-state index contributed by atoms with van der Waals surface area (Å²) in [4.78, 5) is 0. The summed E-state index contributed by atoms with van der Waals surface area (Å²) in [6.07, 6.45) is 9.57. The Hall–Kier alpha value is -0.520. The van der Waals surface area contributed by atoms with Gasteiger partial charge in [0, 0.05) is 5.92 Å². The van der Waals surface area contributed by atoms with Crippen LogP contribution in [0.3, 0.4) is 0 Å². The first-order valence-corrected chi connectivity index (χ1v) is 2.64. The molecule has 0 N–H and O–H groups in total. The van der Waals surface area contributed by atoms with E-state index in [0.29, 0.717) is 0 Å². The summed E-state index contributed by atoms with van der Waals surface area (Å²) in [5, 5.41) is 0. The van der Waals surface area contributed by atoms with Crippen molar-refractivity contribution in [1.29, 1.82) is 0 Å². The van der Waals surface area contributed by atoms with E-state index in [1.54, 1.807) is 0 Å². The monoisotopic (exact) mass is 93.1 g/mol. The largest absolute Gasteiger partial charge is 0.0734 e. The fraction of sp³-hybridized carbons (Fsp3) is 0.286. The molecular weight excluding hydrogens is 84.1 g/mol. The van der Waals surface area contributed by atoms with Gasteiger partial charge < -0.3 is 0 Å². The highest BCUT2D eigenvalue weighted by Gasteiger charge is 1.97. The van der Waals surface area contributed by atoms with Gasteiger partial charge in [-0.3, -0.25) is 0 Å². The van der Waals surface area contributed by atoms with E-state index >= 15 is 0 Å². The Balaban J connectivity index is 2.44. The molecule has 0 heterocycles. The molecule has 0 spiro atoms. The van der Waals surface area contributed by atoms with Gasteiger partial charge in [0.2, 0.25) is 0 Å². The van der Waals surface area contributed by atoms with Gasteiger partial charge >= 0.3 is 0 Å². The van der Waals surface area contributed by atoms with Crippen molar-refractivity contribution < 1.29 is 0 Å². The molecular formula is C7H9. The van der Waals surface area contributed by atoms with Gasteiger partial charge in [0.15, 0.2) is 0 Å². The van der Waals surface area contributed by atoms with Crippen LogP contribution in [-0.4, -0.2) is 0 Å². The van der Waals surface area contributed by atoms with Crippen LogP contribution in [0.25, 0.3) is 0 Å². The molecule has 0 aliphatic heterocycles. The van der Waals surface area contributed by atoms with E-state index in [9.17, 15) is 0 Å². The first-order chi connectivity index (χ1) is 3.43. The second-order valence-corrected chi connectivity index (χ2v) is 1.65. The van der Waals surface area contributed by atoms with Crippen LogP contribution in [0.2, 0.25) is 0 Å². The summed E-state index contributed by atoms with van der Waals surface area (Å²) in [6, 6.07) is 0. The van der Waals surface area contributed by atoms with Crippen LogP contribution in [0.1, 0.15) is 13.3 Å². The van der Waals surface area contributed by atoms with Gasteiger partial charge in [0.05, 0.1) is 0 Å². The van der Waals surface area contributed by atoms with E-state index in [2.05, 4.69) is 31.2 Å². The van der Waals surface area contributed by atoms with E-state index < -0.39 is 0 Å². The first-order valence-electron chi connectivity index (χ1n) is 2.64. The molecule has 0 saturated carbocycles. The first kappa shape index (κ1) is 4.63. The van der Waals surface area contributed by atoms with E-state index in [1.165, 1.54) is 5.92 Å². The summed E-state index contributed by atoms with van der Waals surface area (Å²) in [7, 11) is 0. The lowest BCUT2D eigenvalue weighted by atomic mass is 10.1. The van der Waals surface area contributed by atoms with Crippen molar-refractivity contribution in [2.24, 2.45) is 0 Å². The number of hydrogen-bond donors (Lipinski definition) is 0. The van der Waals surface area contributed by atoms with Crippen LogP contribution in [0.15, 0.2) is 24.3 Å². The van der Waals surface area contributed by atoms with E-state index in [-0.39, 0.29) is 0 Å². The molecule has 1 aliphatic carbocycles. The maximum absolute atomic E-state index is 2.16. The van der Waals surface area contributed by atoms with Crippen LogP contribution in [-0.2, 0) is 0 Å². The minimum absolute atomic E-state index is 1.16. The van der Waals surface area contributed by atoms with Gasteiger partial charge in [0.25, 0.3) is 0 Å². The predicted molar refractivity (Wildman–Crippen MR) is 31.8 cm³/mol. The molecule has 0 unspecified atom stereocenters. The van der Waals surface area contributed by atoms with Crippen LogP contribution in [0.4, 0.5) is 0 Å². The summed E-state index contributed by atoms with van der Waals surface area (Å²) in [6.45, 7) is 2.16. The third-order valence-electron chi connectivity index (χ3n) is 1.14. The van der Waals surface area contributed by atoms with Gasteiger partial charge in [-0.15, -0.1) is 0 Å². The van der Waals surface area contributed by atoms with Gasteiger partial charge in [-0.05, 0) is 6.42 Å². The fourth-order valence-electron chi connectivity index (χ4n) is 0.650. The zero-order valence-electron chi connectivity index (χ0n) is 4.52. The van der Waals surface area contributed by atoms with Crippen LogP contribution in [0, 0.1) is 5.92 Å². The molecule has 0 heteroatoms.